The Hall–Kier alpha value is -1.61. The van der Waals surface area contributed by atoms with Gasteiger partial charge in [0.1, 0.15) is 17.3 Å². The summed E-state index contributed by atoms with van der Waals surface area (Å²) in [6, 6.07) is 9.90. The van der Waals surface area contributed by atoms with Crippen molar-refractivity contribution in [3.8, 4) is 0 Å². The van der Waals surface area contributed by atoms with Gasteiger partial charge in [0.05, 0.1) is 0 Å². The molecule has 0 radical (unpaired) electrons. The summed E-state index contributed by atoms with van der Waals surface area (Å²) >= 11 is 5.85. The summed E-state index contributed by atoms with van der Waals surface area (Å²) in [7, 11) is 0. The number of halogens is 1. The van der Waals surface area contributed by atoms with E-state index >= 15 is 0 Å². The lowest BCUT2D eigenvalue weighted by atomic mass is 9.86. The smallest absolute Gasteiger partial charge is 0.135 e. The minimum absolute atomic E-state index is 0.0699. The third-order valence-corrected chi connectivity index (χ3v) is 2.84. The van der Waals surface area contributed by atoms with Crippen LogP contribution in [0.1, 0.15) is 26.3 Å². The predicted octanol–water partition coefficient (Wildman–Crippen LogP) is 4.17. The van der Waals surface area contributed by atoms with E-state index in [4.69, 9.17) is 11.6 Å². The molecular formula is C14H16ClN3. The van der Waals surface area contributed by atoms with Gasteiger partial charge in [-0.25, -0.2) is 9.97 Å². The van der Waals surface area contributed by atoms with E-state index in [2.05, 4.69) is 42.1 Å². The van der Waals surface area contributed by atoms with Crippen LogP contribution in [0.15, 0.2) is 36.7 Å². The maximum atomic E-state index is 5.85. The second-order valence-corrected chi connectivity index (χ2v) is 5.53. The molecule has 0 saturated heterocycles. The van der Waals surface area contributed by atoms with Gasteiger partial charge in [0.15, 0.2) is 0 Å². The zero-order chi connectivity index (χ0) is 13.2. The monoisotopic (exact) mass is 261 g/mol. The Morgan fingerprint density at radius 2 is 1.83 bits per heavy atom. The molecule has 0 atom stereocenters. The SMILES string of the molecule is CC(C)(C)c1ccccc1Nc1cc(Cl)ncn1. The number of anilines is 2. The Bertz CT molecular complexity index is 547. The van der Waals surface area contributed by atoms with Crippen LogP contribution in [0.3, 0.4) is 0 Å². The summed E-state index contributed by atoms with van der Waals surface area (Å²) in [6.07, 6.45) is 1.45. The largest absolute Gasteiger partial charge is 0.340 e. The van der Waals surface area contributed by atoms with Crippen LogP contribution in [0, 0.1) is 0 Å². The lowest BCUT2D eigenvalue weighted by Crippen LogP contribution is -2.13. The maximum absolute atomic E-state index is 5.85. The topological polar surface area (TPSA) is 37.8 Å². The summed E-state index contributed by atoms with van der Waals surface area (Å²) in [5, 5.41) is 3.72. The first-order valence-electron chi connectivity index (χ1n) is 5.81. The molecule has 2 rings (SSSR count). The average Bonchev–Trinajstić information content (AvgIpc) is 2.28. The number of hydrogen-bond donors (Lipinski definition) is 1. The van der Waals surface area contributed by atoms with E-state index in [9.17, 15) is 0 Å². The Labute approximate surface area is 112 Å². The molecule has 0 amide bonds. The van der Waals surface area contributed by atoms with Crippen LogP contribution in [0.4, 0.5) is 11.5 Å². The second-order valence-electron chi connectivity index (χ2n) is 5.15. The molecule has 0 aliphatic carbocycles. The highest BCUT2D eigenvalue weighted by atomic mass is 35.5. The number of benzene rings is 1. The zero-order valence-corrected chi connectivity index (χ0v) is 11.5. The number of nitrogens with zero attached hydrogens (tertiary/aromatic N) is 2. The van der Waals surface area contributed by atoms with Crippen molar-refractivity contribution in [1.82, 2.24) is 9.97 Å². The van der Waals surface area contributed by atoms with Gasteiger partial charge in [-0.1, -0.05) is 50.6 Å². The molecule has 94 valence electrons. The Kier molecular flexibility index (Phi) is 3.53. The van der Waals surface area contributed by atoms with E-state index in [1.807, 2.05) is 18.2 Å². The number of para-hydroxylation sites is 1. The van der Waals surface area contributed by atoms with Gasteiger partial charge in [-0.2, -0.15) is 0 Å². The van der Waals surface area contributed by atoms with Crippen LogP contribution in [-0.4, -0.2) is 9.97 Å². The summed E-state index contributed by atoms with van der Waals surface area (Å²) in [5.41, 5.74) is 2.35. The minimum atomic E-state index is 0.0699. The van der Waals surface area contributed by atoms with Crippen LogP contribution in [0.5, 0.6) is 0 Å². The molecular weight excluding hydrogens is 246 g/mol. The van der Waals surface area contributed by atoms with Crippen molar-refractivity contribution in [3.05, 3.63) is 47.4 Å². The number of hydrogen-bond acceptors (Lipinski definition) is 3. The molecule has 0 bridgehead atoms. The molecule has 3 nitrogen and oxygen atoms in total. The van der Waals surface area contributed by atoms with E-state index in [-0.39, 0.29) is 5.41 Å². The molecule has 0 aliphatic heterocycles. The van der Waals surface area contributed by atoms with Gasteiger partial charge in [0.2, 0.25) is 0 Å². The van der Waals surface area contributed by atoms with Crippen molar-refractivity contribution in [1.29, 1.82) is 0 Å². The lowest BCUT2D eigenvalue weighted by molar-refractivity contribution is 0.592. The number of aromatic nitrogens is 2. The first kappa shape index (κ1) is 12.8. The van der Waals surface area contributed by atoms with Gasteiger partial charge < -0.3 is 5.32 Å². The third-order valence-electron chi connectivity index (χ3n) is 2.63. The molecule has 18 heavy (non-hydrogen) atoms. The van der Waals surface area contributed by atoms with E-state index in [1.165, 1.54) is 11.9 Å². The third kappa shape index (κ3) is 2.99. The molecule has 0 spiro atoms. The fourth-order valence-electron chi connectivity index (χ4n) is 1.79. The standard InChI is InChI=1S/C14H16ClN3/c1-14(2,3)10-6-4-5-7-11(10)18-13-8-12(15)16-9-17-13/h4-9H,1-3H3,(H,16,17,18). The van der Waals surface area contributed by atoms with Crippen molar-refractivity contribution >= 4 is 23.1 Å². The van der Waals surface area contributed by atoms with Gasteiger partial charge >= 0.3 is 0 Å². The first-order valence-corrected chi connectivity index (χ1v) is 6.19. The summed E-state index contributed by atoms with van der Waals surface area (Å²) in [4.78, 5) is 8.02. The first-order chi connectivity index (χ1) is 8.47. The van der Waals surface area contributed by atoms with Gasteiger partial charge in [-0.3, -0.25) is 0 Å². The molecule has 1 heterocycles. The summed E-state index contributed by atoms with van der Waals surface area (Å²) in [6.45, 7) is 6.54. The highest BCUT2D eigenvalue weighted by Crippen LogP contribution is 2.30. The van der Waals surface area contributed by atoms with E-state index in [1.54, 1.807) is 6.07 Å². The molecule has 1 N–H and O–H groups in total. The van der Waals surface area contributed by atoms with Crippen LogP contribution in [0.25, 0.3) is 0 Å². The van der Waals surface area contributed by atoms with Crippen molar-refractivity contribution < 1.29 is 0 Å². The van der Waals surface area contributed by atoms with Gasteiger partial charge in [0, 0.05) is 11.8 Å². The fourth-order valence-corrected chi connectivity index (χ4v) is 1.93. The predicted molar refractivity (Wildman–Crippen MR) is 75.5 cm³/mol. The average molecular weight is 262 g/mol. The maximum Gasteiger partial charge on any atom is 0.135 e. The van der Waals surface area contributed by atoms with Gasteiger partial charge in [0.25, 0.3) is 0 Å². The van der Waals surface area contributed by atoms with E-state index in [0.717, 1.165) is 5.69 Å². The number of nitrogens with one attached hydrogen (secondary N) is 1. The highest BCUT2D eigenvalue weighted by molar-refractivity contribution is 6.29. The molecule has 1 aromatic heterocycles. The Balaban J connectivity index is 2.35. The van der Waals surface area contributed by atoms with Crippen LogP contribution >= 0.6 is 11.6 Å². The quantitative estimate of drug-likeness (QED) is 0.825. The van der Waals surface area contributed by atoms with Crippen LogP contribution in [-0.2, 0) is 5.41 Å². The summed E-state index contributed by atoms with van der Waals surface area (Å²) < 4.78 is 0. The fraction of sp³-hybridized carbons (Fsp3) is 0.286. The van der Waals surface area contributed by atoms with Crippen molar-refractivity contribution in [3.63, 3.8) is 0 Å². The van der Waals surface area contributed by atoms with Crippen molar-refractivity contribution in [2.24, 2.45) is 0 Å². The van der Waals surface area contributed by atoms with E-state index in [0.29, 0.717) is 11.0 Å². The summed E-state index contributed by atoms with van der Waals surface area (Å²) in [5.74, 6) is 0.701. The van der Waals surface area contributed by atoms with Crippen molar-refractivity contribution in [2.45, 2.75) is 26.2 Å². The number of rotatable bonds is 2. The van der Waals surface area contributed by atoms with E-state index < -0.39 is 0 Å². The lowest BCUT2D eigenvalue weighted by Gasteiger charge is -2.23. The Morgan fingerprint density at radius 3 is 2.50 bits per heavy atom. The molecule has 0 unspecified atom stereocenters. The Morgan fingerprint density at radius 1 is 1.11 bits per heavy atom. The molecule has 2 aromatic rings. The van der Waals surface area contributed by atoms with Gasteiger partial charge in [-0.05, 0) is 17.0 Å². The normalized spacial score (nSPS) is 11.3. The minimum Gasteiger partial charge on any atom is -0.340 e. The van der Waals surface area contributed by atoms with Crippen LogP contribution in [0.2, 0.25) is 5.15 Å². The van der Waals surface area contributed by atoms with Crippen molar-refractivity contribution in [2.75, 3.05) is 5.32 Å². The molecule has 0 aliphatic rings. The molecule has 0 fully saturated rings. The van der Waals surface area contributed by atoms with Gasteiger partial charge in [-0.15, -0.1) is 0 Å². The zero-order valence-electron chi connectivity index (χ0n) is 10.7. The second kappa shape index (κ2) is 4.94. The highest BCUT2D eigenvalue weighted by Gasteiger charge is 2.17. The molecule has 4 heteroatoms. The van der Waals surface area contributed by atoms with Crippen LogP contribution < -0.4 is 5.32 Å². The molecule has 1 aromatic carbocycles. The molecule has 0 saturated carbocycles.